The van der Waals surface area contributed by atoms with Gasteiger partial charge in [-0.05, 0) is 45.5 Å². The summed E-state index contributed by atoms with van der Waals surface area (Å²) in [5.74, 6) is 0.532. The number of carbonyl (C=O) groups excluding carboxylic acids is 1. The molecule has 1 aliphatic rings. The lowest BCUT2D eigenvalue weighted by Crippen LogP contribution is -2.36. The normalized spacial score (nSPS) is 13.8. The van der Waals surface area contributed by atoms with E-state index in [0.29, 0.717) is 17.9 Å². The van der Waals surface area contributed by atoms with E-state index in [2.05, 4.69) is 29.6 Å². The number of nitrogens with one attached hydrogen (secondary N) is 1. The number of carbonyl (C=O) groups is 1. The molecule has 4 aromatic carbocycles. The lowest BCUT2D eigenvalue weighted by molar-refractivity contribution is 0.0184. The molecule has 0 saturated carbocycles. The maximum absolute atomic E-state index is 12.4. The van der Waals surface area contributed by atoms with Crippen molar-refractivity contribution in [1.29, 1.82) is 0 Å². The van der Waals surface area contributed by atoms with Gasteiger partial charge in [0.25, 0.3) is 0 Å². The summed E-state index contributed by atoms with van der Waals surface area (Å²) in [4.78, 5) is 12.4. The van der Waals surface area contributed by atoms with E-state index < -0.39 is 18.3 Å². The Morgan fingerprint density at radius 1 is 0.811 bits per heavy atom. The predicted octanol–water partition coefficient (Wildman–Crippen LogP) is 5.20. The Morgan fingerprint density at radius 2 is 1.46 bits per heavy atom. The third-order valence-electron chi connectivity index (χ3n) is 6.61. The minimum atomic E-state index is -1.22. The first-order valence-electron chi connectivity index (χ1n) is 12.3. The van der Waals surface area contributed by atoms with Crippen molar-refractivity contribution >= 4 is 6.09 Å². The number of rotatable bonds is 9. The molecular formula is C31H29NO5. The molecule has 188 valence electrons. The molecule has 5 rings (SSSR count). The first-order valence-corrected chi connectivity index (χ1v) is 12.3. The number of hydrogen-bond donors (Lipinski definition) is 3. The highest BCUT2D eigenvalue weighted by Crippen LogP contribution is 2.44. The molecule has 0 saturated heterocycles. The number of hydrogen-bond acceptors (Lipinski definition) is 5. The van der Waals surface area contributed by atoms with Crippen LogP contribution in [0.4, 0.5) is 4.79 Å². The van der Waals surface area contributed by atoms with Crippen molar-refractivity contribution in [2.24, 2.45) is 0 Å². The number of aliphatic hydroxyl groups is 2. The van der Waals surface area contributed by atoms with E-state index in [9.17, 15) is 15.0 Å². The minimum absolute atomic E-state index is 0.0488. The minimum Gasteiger partial charge on any atom is -0.489 e. The number of fused-ring (bicyclic) bond motifs is 3. The van der Waals surface area contributed by atoms with Crippen molar-refractivity contribution in [2.75, 3.05) is 13.2 Å². The van der Waals surface area contributed by atoms with Crippen molar-refractivity contribution in [3.05, 3.63) is 125 Å². The van der Waals surface area contributed by atoms with Gasteiger partial charge in [0.05, 0.1) is 0 Å². The second kappa shape index (κ2) is 11.3. The number of benzene rings is 4. The van der Waals surface area contributed by atoms with Crippen molar-refractivity contribution in [3.63, 3.8) is 0 Å². The van der Waals surface area contributed by atoms with E-state index in [0.717, 1.165) is 27.8 Å². The monoisotopic (exact) mass is 495 g/mol. The van der Waals surface area contributed by atoms with Gasteiger partial charge in [-0.25, -0.2) is 4.79 Å². The molecule has 37 heavy (non-hydrogen) atoms. The van der Waals surface area contributed by atoms with Crippen molar-refractivity contribution in [1.82, 2.24) is 5.32 Å². The lowest BCUT2D eigenvalue weighted by Gasteiger charge is -2.20. The van der Waals surface area contributed by atoms with Crippen LogP contribution in [0, 0.1) is 0 Å². The molecule has 0 heterocycles. The Morgan fingerprint density at radius 3 is 2.16 bits per heavy atom. The quantitative estimate of drug-likeness (QED) is 0.297. The molecule has 0 fully saturated rings. The van der Waals surface area contributed by atoms with Crippen LogP contribution in [0.2, 0.25) is 0 Å². The summed E-state index contributed by atoms with van der Waals surface area (Å²) in [6.07, 6.45) is -3.06. The van der Waals surface area contributed by atoms with Gasteiger partial charge >= 0.3 is 6.09 Å². The second-order valence-electron chi connectivity index (χ2n) is 9.07. The third-order valence-corrected chi connectivity index (χ3v) is 6.61. The predicted molar refractivity (Wildman–Crippen MR) is 141 cm³/mol. The molecule has 6 nitrogen and oxygen atoms in total. The van der Waals surface area contributed by atoms with Gasteiger partial charge < -0.3 is 25.0 Å². The van der Waals surface area contributed by atoms with Crippen LogP contribution in [0.25, 0.3) is 11.1 Å². The van der Waals surface area contributed by atoms with Crippen LogP contribution < -0.4 is 10.1 Å². The summed E-state index contributed by atoms with van der Waals surface area (Å²) in [7, 11) is 0. The summed E-state index contributed by atoms with van der Waals surface area (Å²) in [5.41, 5.74) is 6.08. The summed E-state index contributed by atoms with van der Waals surface area (Å²) >= 11 is 0. The Hall–Kier alpha value is -4.13. The van der Waals surface area contributed by atoms with Crippen molar-refractivity contribution in [3.8, 4) is 16.9 Å². The SMILES string of the molecule is O=C(NCC(O)C(O)c1cccc(OCc2ccccc2)c1)OCC1c2ccccc2-c2ccccc21. The average molecular weight is 496 g/mol. The molecule has 4 aromatic rings. The van der Waals surface area contributed by atoms with Crippen LogP contribution in [0.1, 0.15) is 34.3 Å². The zero-order chi connectivity index (χ0) is 25.6. The Kier molecular flexibility index (Phi) is 7.49. The van der Waals surface area contributed by atoms with Crippen LogP contribution in [0.3, 0.4) is 0 Å². The highest BCUT2D eigenvalue weighted by molar-refractivity contribution is 5.79. The van der Waals surface area contributed by atoms with Crippen LogP contribution in [0.15, 0.2) is 103 Å². The fourth-order valence-corrected chi connectivity index (χ4v) is 4.70. The van der Waals surface area contributed by atoms with Crippen LogP contribution in [-0.4, -0.2) is 35.6 Å². The maximum atomic E-state index is 12.4. The zero-order valence-electron chi connectivity index (χ0n) is 20.3. The topological polar surface area (TPSA) is 88.0 Å². The highest BCUT2D eigenvalue weighted by Gasteiger charge is 2.29. The van der Waals surface area contributed by atoms with Gasteiger partial charge in [0.15, 0.2) is 0 Å². The molecule has 1 aliphatic carbocycles. The number of alkyl carbamates (subject to hydrolysis) is 1. The van der Waals surface area contributed by atoms with E-state index in [1.807, 2.05) is 54.6 Å². The largest absolute Gasteiger partial charge is 0.489 e. The van der Waals surface area contributed by atoms with Gasteiger partial charge in [0.2, 0.25) is 0 Å². The van der Waals surface area contributed by atoms with Gasteiger partial charge in [0.1, 0.15) is 31.2 Å². The van der Waals surface area contributed by atoms with Gasteiger partial charge in [-0.1, -0.05) is 91.0 Å². The summed E-state index contributed by atoms with van der Waals surface area (Å²) in [5, 5.41) is 23.7. The maximum Gasteiger partial charge on any atom is 0.407 e. The zero-order valence-corrected chi connectivity index (χ0v) is 20.3. The molecule has 3 N–H and O–H groups in total. The number of ether oxygens (including phenoxy) is 2. The fraction of sp³-hybridized carbons (Fsp3) is 0.194. The van der Waals surface area contributed by atoms with Crippen molar-refractivity contribution in [2.45, 2.75) is 24.7 Å². The van der Waals surface area contributed by atoms with E-state index in [4.69, 9.17) is 9.47 Å². The van der Waals surface area contributed by atoms with Crippen LogP contribution in [-0.2, 0) is 11.3 Å². The van der Waals surface area contributed by atoms with Gasteiger partial charge in [-0.15, -0.1) is 0 Å². The first-order chi connectivity index (χ1) is 18.1. The number of amides is 1. The van der Waals surface area contributed by atoms with Gasteiger partial charge in [-0.3, -0.25) is 0 Å². The highest BCUT2D eigenvalue weighted by atomic mass is 16.5. The van der Waals surface area contributed by atoms with E-state index >= 15 is 0 Å². The molecule has 0 aromatic heterocycles. The first kappa shape index (κ1) is 24.6. The third kappa shape index (κ3) is 5.66. The molecule has 0 bridgehead atoms. The number of aliphatic hydroxyl groups excluding tert-OH is 2. The molecule has 0 radical (unpaired) electrons. The lowest BCUT2D eigenvalue weighted by atomic mass is 9.98. The average Bonchev–Trinajstić information content (AvgIpc) is 3.27. The Labute approximate surface area is 216 Å². The van der Waals surface area contributed by atoms with Crippen LogP contribution >= 0.6 is 0 Å². The summed E-state index contributed by atoms with van der Waals surface area (Å²) in [6, 6.07) is 32.9. The standard InChI is InChI=1S/C31H29NO5/c33-29(30(34)22-11-8-12-23(17-22)36-19-21-9-2-1-3-10-21)18-32-31(35)37-20-28-26-15-6-4-13-24(26)25-14-5-7-16-27(25)28/h1-17,28-30,33-34H,18-20H2,(H,32,35). The summed E-state index contributed by atoms with van der Waals surface area (Å²) in [6.45, 7) is 0.415. The van der Waals surface area contributed by atoms with E-state index in [-0.39, 0.29) is 19.1 Å². The molecule has 2 atom stereocenters. The smallest absolute Gasteiger partial charge is 0.407 e. The molecule has 2 unspecified atom stereocenters. The fourth-order valence-electron chi connectivity index (χ4n) is 4.70. The Bertz CT molecular complexity index is 1310. The molecule has 0 spiro atoms. The molecule has 6 heteroatoms. The van der Waals surface area contributed by atoms with Crippen molar-refractivity contribution < 1.29 is 24.5 Å². The van der Waals surface area contributed by atoms with E-state index in [1.165, 1.54) is 0 Å². The summed E-state index contributed by atoms with van der Waals surface area (Å²) < 4.78 is 11.3. The molecule has 0 aliphatic heterocycles. The Balaban J connectivity index is 1.13. The molecule has 1 amide bonds. The molecular weight excluding hydrogens is 466 g/mol. The van der Waals surface area contributed by atoms with E-state index in [1.54, 1.807) is 24.3 Å². The second-order valence-corrected chi connectivity index (χ2v) is 9.07. The van der Waals surface area contributed by atoms with Crippen LogP contribution in [0.5, 0.6) is 5.75 Å². The van der Waals surface area contributed by atoms with Gasteiger partial charge in [0, 0.05) is 12.5 Å². The van der Waals surface area contributed by atoms with Gasteiger partial charge in [-0.2, -0.15) is 0 Å².